The van der Waals surface area contributed by atoms with Crippen molar-refractivity contribution < 1.29 is 4.79 Å². The Balaban J connectivity index is 1.93. The van der Waals surface area contributed by atoms with Gasteiger partial charge in [0.15, 0.2) is 0 Å². The first-order valence-electron chi connectivity index (χ1n) is 7.41. The van der Waals surface area contributed by atoms with Gasteiger partial charge in [-0.1, -0.05) is 6.08 Å². The number of nitrogens with zero attached hydrogens (tertiary/aromatic N) is 2. The van der Waals surface area contributed by atoms with E-state index in [0.717, 1.165) is 25.1 Å². The normalized spacial score (nSPS) is 15.5. The summed E-state index contributed by atoms with van der Waals surface area (Å²) in [5, 5.41) is 2.79. The van der Waals surface area contributed by atoms with Crippen molar-refractivity contribution in [2.75, 3.05) is 26.2 Å². The molecule has 1 aliphatic heterocycles. The molecular weight excluding hydrogens is 284 g/mol. The molecular formula is C15H22N4O3. The second-order valence-electron chi connectivity index (χ2n) is 5.58. The number of rotatable bonds is 5. The first-order valence-corrected chi connectivity index (χ1v) is 7.41. The molecule has 2 heterocycles. The first kappa shape index (κ1) is 16.2. The third-order valence-electron chi connectivity index (χ3n) is 3.66. The summed E-state index contributed by atoms with van der Waals surface area (Å²) < 4.78 is 1.22. The summed E-state index contributed by atoms with van der Waals surface area (Å²) in [4.78, 5) is 39.4. The Morgan fingerprint density at radius 3 is 2.82 bits per heavy atom. The molecule has 2 N–H and O–H groups in total. The molecule has 0 spiro atoms. The minimum absolute atomic E-state index is 0.0456. The van der Waals surface area contributed by atoms with Crippen molar-refractivity contribution in [1.82, 2.24) is 19.8 Å². The molecule has 7 nitrogen and oxygen atoms in total. The Labute approximate surface area is 128 Å². The number of hydrogen-bond donors (Lipinski definition) is 2. The highest BCUT2D eigenvalue weighted by atomic mass is 16.2. The van der Waals surface area contributed by atoms with Gasteiger partial charge in [0.05, 0.1) is 0 Å². The molecule has 0 saturated carbocycles. The molecule has 0 aliphatic carbocycles. The smallest absolute Gasteiger partial charge is 0.328 e. The summed E-state index contributed by atoms with van der Waals surface area (Å²) in [7, 11) is 0. The van der Waals surface area contributed by atoms with Crippen LogP contribution in [0.1, 0.15) is 19.0 Å². The Morgan fingerprint density at radius 2 is 2.14 bits per heavy atom. The van der Waals surface area contributed by atoms with Crippen LogP contribution in [0, 0.1) is 6.92 Å². The number of amides is 1. The Morgan fingerprint density at radius 1 is 1.36 bits per heavy atom. The van der Waals surface area contributed by atoms with E-state index < -0.39 is 0 Å². The van der Waals surface area contributed by atoms with Gasteiger partial charge >= 0.3 is 5.69 Å². The van der Waals surface area contributed by atoms with E-state index in [-0.39, 0.29) is 17.2 Å². The van der Waals surface area contributed by atoms with E-state index in [1.807, 2.05) is 0 Å². The van der Waals surface area contributed by atoms with Gasteiger partial charge in [0, 0.05) is 51.4 Å². The molecule has 0 aromatic carbocycles. The molecule has 1 aromatic rings. The lowest BCUT2D eigenvalue weighted by atomic mass is 10.1. The van der Waals surface area contributed by atoms with Gasteiger partial charge < -0.3 is 10.3 Å². The van der Waals surface area contributed by atoms with Crippen LogP contribution in [-0.2, 0) is 11.3 Å². The largest absolute Gasteiger partial charge is 0.353 e. The SMILES string of the molecule is CC(=O)NCC1=CCCN(CCn2c(=O)cc(C)[nH]c2=O)C1. The fraction of sp³-hybridized carbons (Fsp3) is 0.533. The fourth-order valence-corrected chi connectivity index (χ4v) is 2.53. The maximum atomic E-state index is 11.8. The molecule has 0 radical (unpaired) electrons. The van der Waals surface area contributed by atoms with E-state index in [9.17, 15) is 14.4 Å². The highest BCUT2D eigenvalue weighted by molar-refractivity contribution is 5.73. The van der Waals surface area contributed by atoms with Gasteiger partial charge in [0.1, 0.15) is 0 Å². The standard InChI is InChI=1S/C15H22N4O3/c1-11-8-14(21)19(15(22)17-11)7-6-18-5-3-4-13(10-18)9-16-12(2)20/h4,8H,3,5-7,9-10H2,1-2H3,(H,16,20)(H,17,22). The fourth-order valence-electron chi connectivity index (χ4n) is 2.53. The number of aromatic nitrogens is 2. The monoisotopic (exact) mass is 306 g/mol. The molecule has 1 aromatic heterocycles. The van der Waals surface area contributed by atoms with Gasteiger partial charge in [-0.2, -0.15) is 0 Å². The van der Waals surface area contributed by atoms with Gasteiger partial charge in [0.25, 0.3) is 5.56 Å². The van der Waals surface area contributed by atoms with Gasteiger partial charge in [-0.25, -0.2) is 4.79 Å². The molecule has 1 amide bonds. The van der Waals surface area contributed by atoms with Crippen LogP contribution in [0.2, 0.25) is 0 Å². The molecule has 1 aliphatic rings. The van der Waals surface area contributed by atoms with E-state index in [2.05, 4.69) is 21.3 Å². The lowest BCUT2D eigenvalue weighted by Crippen LogP contribution is -2.41. The van der Waals surface area contributed by atoms with Crippen molar-refractivity contribution in [2.45, 2.75) is 26.8 Å². The number of aryl methyl sites for hydroxylation is 1. The summed E-state index contributed by atoms with van der Waals surface area (Å²) in [6.07, 6.45) is 3.05. The van der Waals surface area contributed by atoms with Crippen molar-refractivity contribution in [3.8, 4) is 0 Å². The summed E-state index contributed by atoms with van der Waals surface area (Å²) in [5.74, 6) is -0.0456. The molecule has 7 heteroatoms. The van der Waals surface area contributed by atoms with E-state index in [1.54, 1.807) is 6.92 Å². The predicted octanol–water partition coefficient (Wildman–Crippen LogP) is -0.387. The van der Waals surface area contributed by atoms with Crippen LogP contribution in [-0.4, -0.2) is 46.5 Å². The van der Waals surface area contributed by atoms with E-state index >= 15 is 0 Å². The Hall–Kier alpha value is -2.15. The van der Waals surface area contributed by atoms with Crippen LogP contribution >= 0.6 is 0 Å². The van der Waals surface area contributed by atoms with Gasteiger partial charge in [-0.15, -0.1) is 0 Å². The number of H-pyrrole nitrogens is 1. The molecule has 0 atom stereocenters. The zero-order chi connectivity index (χ0) is 16.1. The summed E-state index contributed by atoms with van der Waals surface area (Å²) >= 11 is 0. The topological polar surface area (TPSA) is 87.2 Å². The average molecular weight is 306 g/mol. The quantitative estimate of drug-likeness (QED) is 0.726. The zero-order valence-corrected chi connectivity index (χ0v) is 13.0. The van der Waals surface area contributed by atoms with Gasteiger partial charge in [-0.05, 0) is 18.9 Å². The maximum absolute atomic E-state index is 11.8. The minimum atomic E-state index is -0.365. The van der Waals surface area contributed by atoms with Crippen LogP contribution < -0.4 is 16.6 Å². The summed E-state index contributed by atoms with van der Waals surface area (Å²) in [6.45, 7) is 6.37. The first-order chi connectivity index (χ1) is 10.5. The van der Waals surface area contributed by atoms with Gasteiger partial charge in [0.2, 0.25) is 5.91 Å². The number of carbonyl (C=O) groups excluding carboxylic acids is 1. The van der Waals surface area contributed by atoms with Crippen LogP contribution in [0.15, 0.2) is 27.3 Å². The predicted molar refractivity (Wildman–Crippen MR) is 83.9 cm³/mol. The second-order valence-corrected chi connectivity index (χ2v) is 5.58. The number of hydrogen-bond acceptors (Lipinski definition) is 4. The number of aromatic amines is 1. The zero-order valence-electron chi connectivity index (χ0n) is 13.0. The molecule has 0 saturated heterocycles. The Kier molecular flexibility index (Phi) is 5.32. The third-order valence-corrected chi connectivity index (χ3v) is 3.66. The highest BCUT2D eigenvalue weighted by Gasteiger charge is 2.13. The van der Waals surface area contributed by atoms with E-state index in [4.69, 9.17) is 0 Å². The van der Waals surface area contributed by atoms with Crippen LogP contribution in [0.25, 0.3) is 0 Å². The maximum Gasteiger partial charge on any atom is 0.328 e. The molecule has 120 valence electrons. The van der Waals surface area contributed by atoms with Crippen molar-refractivity contribution >= 4 is 5.91 Å². The van der Waals surface area contributed by atoms with Crippen molar-refractivity contribution in [1.29, 1.82) is 0 Å². The van der Waals surface area contributed by atoms with E-state index in [0.29, 0.717) is 25.3 Å². The number of carbonyl (C=O) groups is 1. The third kappa shape index (κ3) is 4.42. The van der Waals surface area contributed by atoms with Crippen LogP contribution in [0.5, 0.6) is 0 Å². The van der Waals surface area contributed by atoms with Gasteiger partial charge in [-0.3, -0.25) is 19.1 Å². The lowest BCUT2D eigenvalue weighted by molar-refractivity contribution is -0.118. The summed E-state index contributed by atoms with van der Waals surface area (Å²) in [6, 6.07) is 1.43. The lowest BCUT2D eigenvalue weighted by Gasteiger charge is -2.27. The number of nitrogens with one attached hydrogen (secondary N) is 2. The second kappa shape index (κ2) is 7.22. The molecule has 0 bridgehead atoms. The van der Waals surface area contributed by atoms with Crippen LogP contribution in [0.3, 0.4) is 0 Å². The molecule has 0 unspecified atom stereocenters. The average Bonchev–Trinajstić information content (AvgIpc) is 2.44. The van der Waals surface area contributed by atoms with Crippen molar-refractivity contribution in [2.24, 2.45) is 0 Å². The highest BCUT2D eigenvalue weighted by Crippen LogP contribution is 2.08. The minimum Gasteiger partial charge on any atom is -0.353 e. The van der Waals surface area contributed by atoms with E-state index in [1.165, 1.54) is 17.6 Å². The summed E-state index contributed by atoms with van der Waals surface area (Å²) in [5.41, 5.74) is 1.10. The molecule has 0 fully saturated rings. The van der Waals surface area contributed by atoms with Crippen molar-refractivity contribution in [3.63, 3.8) is 0 Å². The molecule has 2 rings (SSSR count). The molecule has 22 heavy (non-hydrogen) atoms. The Bertz CT molecular complexity index is 656. The van der Waals surface area contributed by atoms with Crippen molar-refractivity contribution in [3.05, 3.63) is 44.2 Å². The van der Waals surface area contributed by atoms with Crippen LogP contribution in [0.4, 0.5) is 0 Å².